The number of alkyl halides is 1. The Morgan fingerprint density at radius 3 is 2.50 bits per heavy atom. The normalized spacial score (nSPS) is 10.4. The second-order valence-electron chi connectivity index (χ2n) is 3.22. The summed E-state index contributed by atoms with van der Waals surface area (Å²) in [5.74, 6) is 0. The van der Waals surface area contributed by atoms with Gasteiger partial charge in [0.15, 0.2) is 0 Å². The van der Waals surface area contributed by atoms with E-state index in [1.807, 2.05) is 11.3 Å². The number of halogens is 1. The van der Waals surface area contributed by atoms with Crippen molar-refractivity contribution in [2.45, 2.75) is 11.8 Å². The maximum Gasteiger partial charge on any atom is 0.0377 e. The molecule has 72 valence electrons. The zero-order chi connectivity index (χ0) is 9.80. The third-order valence-corrected chi connectivity index (χ3v) is 4.05. The molecule has 0 saturated carbocycles. The first kappa shape index (κ1) is 9.94. The van der Waals surface area contributed by atoms with Crippen molar-refractivity contribution in [1.29, 1.82) is 0 Å². The van der Waals surface area contributed by atoms with Gasteiger partial charge in [-0.15, -0.1) is 11.3 Å². The van der Waals surface area contributed by atoms with Crippen molar-refractivity contribution in [3.05, 3.63) is 57.8 Å². The Morgan fingerprint density at radius 1 is 1.07 bits per heavy atom. The Kier molecular flexibility index (Phi) is 3.38. The van der Waals surface area contributed by atoms with Crippen LogP contribution in [0.5, 0.6) is 0 Å². The molecule has 2 aromatic rings. The van der Waals surface area contributed by atoms with Crippen LogP contribution in [0.2, 0.25) is 0 Å². The van der Waals surface area contributed by atoms with Crippen LogP contribution in [0.3, 0.4) is 0 Å². The van der Waals surface area contributed by atoms with Crippen LogP contribution >= 0.6 is 27.3 Å². The molecule has 0 bridgehead atoms. The van der Waals surface area contributed by atoms with Gasteiger partial charge < -0.3 is 0 Å². The van der Waals surface area contributed by atoms with Gasteiger partial charge in [-0.1, -0.05) is 46.3 Å². The Hall–Kier alpha value is -0.600. The van der Waals surface area contributed by atoms with E-state index >= 15 is 0 Å². The van der Waals surface area contributed by atoms with Crippen LogP contribution in [0.15, 0.2) is 41.8 Å². The van der Waals surface area contributed by atoms with Crippen LogP contribution in [0.4, 0.5) is 0 Å². The first-order valence-electron chi connectivity index (χ1n) is 4.54. The van der Waals surface area contributed by atoms with Crippen LogP contribution in [0.25, 0.3) is 0 Å². The molecule has 0 radical (unpaired) electrons. The number of benzene rings is 1. The van der Waals surface area contributed by atoms with Gasteiger partial charge in [0.25, 0.3) is 0 Å². The second-order valence-corrected chi connectivity index (χ2v) is 4.77. The highest BCUT2D eigenvalue weighted by molar-refractivity contribution is 9.08. The van der Waals surface area contributed by atoms with Gasteiger partial charge in [-0.25, -0.2) is 0 Å². The van der Waals surface area contributed by atoms with Crippen molar-refractivity contribution in [1.82, 2.24) is 0 Å². The van der Waals surface area contributed by atoms with Gasteiger partial charge in [-0.05, 0) is 29.0 Å². The lowest BCUT2D eigenvalue weighted by atomic mass is 10.1. The number of rotatable bonds is 3. The van der Waals surface area contributed by atoms with Gasteiger partial charge >= 0.3 is 0 Å². The van der Waals surface area contributed by atoms with E-state index in [1.165, 1.54) is 16.0 Å². The minimum Gasteiger partial charge on any atom is -0.148 e. The molecule has 0 atom stereocenters. The summed E-state index contributed by atoms with van der Waals surface area (Å²) in [4.78, 5) is 1.40. The van der Waals surface area contributed by atoms with Gasteiger partial charge in [-0.2, -0.15) is 0 Å². The average molecular weight is 267 g/mol. The second kappa shape index (κ2) is 4.76. The minimum absolute atomic E-state index is 0.965. The number of thiophene rings is 1. The molecular formula is C12H11BrS. The summed E-state index contributed by atoms with van der Waals surface area (Å²) in [6, 6.07) is 12.9. The molecule has 1 aromatic heterocycles. The smallest absolute Gasteiger partial charge is 0.0377 e. The summed E-state index contributed by atoms with van der Waals surface area (Å²) in [6.07, 6.45) is 1.05. The fraction of sp³-hybridized carbons (Fsp3) is 0.167. The van der Waals surface area contributed by atoms with Gasteiger partial charge in [-0.3, -0.25) is 0 Å². The summed E-state index contributed by atoms with van der Waals surface area (Å²) in [5, 5.41) is 3.20. The highest BCUT2D eigenvalue weighted by Crippen LogP contribution is 2.19. The Morgan fingerprint density at radius 2 is 1.86 bits per heavy atom. The molecule has 14 heavy (non-hydrogen) atoms. The molecule has 0 aliphatic rings. The van der Waals surface area contributed by atoms with E-state index in [0.717, 1.165) is 11.8 Å². The number of hydrogen-bond acceptors (Lipinski definition) is 1. The van der Waals surface area contributed by atoms with Crippen LogP contribution in [-0.2, 0) is 11.8 Å². The minimum atomic E-state index is 0.965. The number of hydrogen-bond donors (Lipinski definition) is 0. The molecule has 0 unspecified atom stereocenters. The van der Waals surface area contributed by atoms with Crippen molar-refractivity contribution in [2.75, 3.05) is 0 Å². The van der Waals surface area contributed by atoms with Crippen molar-refractivity contribution < 1.29 is 0 Å². The molecule has 0 spiro atoms. The highest BCUT2D eigenvalue weighted by Gasteiger charge is 1.99. The van der Waals surface area contributed by atoms with Crippen LogP contribution in [0, 0.1) is 0 Å². The summed E-state index contributed by atoms with van der Waals surface area (Å²) < 4.78 is 0. The first-order valence-corrected chi connectivity index (χ1v) is 6.55. The van der Waals surface area contributed by atoms with E-state index in [0.29, 0.717) is 0 Å². The van der Waals surface area contributed by atoms with Crippen molar-refractivity contribution in [3.8, 4) is 0 Å². The maximum atomic E-state index is 3.47. The van der Waals surface area contributed by atoms with E-state index in [1.54, 1.807) is 0 Å². The lowest BCUT2D eigenvalue weighted by molar-refractivity contribution is 1.21. The third-order valence-electron chi connectivity index (χ3n) is 2.09. The quantitative estimate of drug-likeness (QED) is 0.730. The van der Waals surface area contributed by atoms with E-state index in [4.69, 9.17) is 0 Å². The average Bonchev–Trinajstić information content (AvgIpc) is 2.67. The fourth-order valence-corrected chi connectivity index (χ4v) is 2.72. The summed E-state index contributed by atoms with van der Waals surface area (Å²) in [6.45, 7) is 0. The molecule has 1 aromatic carbocycles. The Bertz CT molecular complexity index is 392. The Balaban J connectivity index is 2.11. The third kappa shape index (κ3) is 2.46. The van der Waals surface area contributed by atoms with Gasteiger partial charge in [0.2, 0.25) is 0 Å². The molecule has 0 aliphatic carbocycles. The van der Waals surface area contributed by atoms with Crippen LogP contribution in [-0.4, -0.2) is 0 Å². The molecule has 0 aliphatic heterocycles. The maximum absolute atomic E-state index is 3.47. The lowest BCUT2D eigenvalue weighted by Crippen LogP contribution is -1.83. The summed E-state index contributed by atoms with van der Waals surface area (Å²) >= 11 is 5.29. The molecule has 2 rings (SSSR count). The molecule has 0 fully saturated rings. The van der Waals surface area contributed by atoms with Crippen molar-refractivity contribution >= 4 is 27.3 Å². The molecule has 2 heteroatoms. The molecule has 0 nitrogen and oxygen atoms in total. The van der Waals surface area contributed by atoms with Gasteiger partial charge in [0, 0.05) is 10.2 Å². The lowest BCUT2D eigenvalue weighted by Gasteiger charge is -1.96. The van der Waals surface area contributed by atoms with E-state index in [2.05, 4.69) is 57.7 Å². The SMILES string of the molecule is BrCc1cc(Cc2ccccc2)cs1. The largest absolute Gasteiger partial charge is 0.148 e. The predicted octanol–water partition coefficient (Wildman–Crippen LogP) is 4.23. The zero-order valence-corrected chi connectivity index (χ0v) is 10.1. The van der Waals surface area contributed by atoms with Crippen LogP contribution < -0.4 is 0 Å². The summed E-state index contributed by atoms with van der Waals surface area (Å²) in [5.41, 5.74) is 2.79. The Labute approximate surface area is 96.7 Å². The van der Waals surface area contributed by atoms with Crippen molar-refractivity contribution in [2.24, 2.45) is 0 Å². The van der Waals surface area contributed by atoms with Crippen LogP contribution in [0.1, 0.15) is 16.0 Å². The van der Waals surface area contributed by atoms with E-state index in [-0.39, 0.29) is 0 Å². The van der Waals surface area contributed by atoms with Gasteiger partial charge in [0.1, 0.15) is 0 Å². The molecular weight excluding hydrogens is 256 g/mol. The standard InChI is InChI=1S/C12H11BrS/c13-8-12-7-11(9-14-12)6-10-4-2-1-3-5-10/h1-5,7,9H,6,8H2. The zero-order valence-electron chi connectivity index (χ0n) is 7.74. The molecule has 0 saturated heterocycles. The monoisotopic (exact) mass is 266 g/mol. The molecule has 0 amide bonds. The first-order chi connectivity index (χ1) is 6.88. The fourth-order valence-electron chi connectivity index (χ4n) is 1.42. The topological polar surface area (TPSA) is 0 Å². The van der Waals surface area contributed by atoms with E-state index in [9.17, 15) is 0 Å². The van der Waals surface area contributed by atoms with Crippen molar-refractivity contribution in [3.63, 3.8) is 0 Å². The highest BCUT2D eigenvalue weighted by atomic mass is 79.9. The summed E-state index contributed by atoms with van der Waals surface area (Å²) in [7, 11) is 0. The molecule has 1 heterocycles. The molecule has 0 N–H and O–H groups in total. The van der Waals surface area contributed by atoms with Gasteiger partial charge in [0.05, 0.1) is 0 Å². The predicted molar refractivity (Wildman–Crippen MR) is 66.2 cm³/mol. The van der Waals surface area contributed by atoms with E-state index < -0.39 is 0 Å².